The second-order valence-corrected chi connectivity index (χ2v) is 8.80. The van der Waals surface area contributed by atoms with Crippen LogP contribution in [0.1, 0.15) is 27.9 Å². The van der Waals surface area contributed by atoms with Gasteiger partial charge >= 0.3 is 0 Å². The summed E-state index contributed by atoms with van der Waals surface area (Å²) < 4.78 is 0.651. The first-order chi connectivity index (χ1) is 15.2. The monoisotopic (exact) mass is 514 g/mol. The van der Waals surface area contributed by atoms with E-state index in [1.54, 1.807) is 42.5 Å². The Morgan fingerprint density at radius 1 is 1.09 bits per heavy atom. The number of carbonyl (C=O) groups excluding carboxylic acids is 2. The van der Waals surface area contributed by atoms with Crippen molar-refractivity contribution in [2.24, 2.45) is 0 Å². The maximum Gasteiger partial charge on any atom is 0.269 e. The average Bonchev–Trinajstić information content (AvgIpc) is 2.96. The maximum absolute atomic E-state index is 13.4. The highest BCUT2D eigenvalue weighted by Crippen LogP contribution is 2.44. The number of anilines is 1. The second-order valence-electron chi connectivity index (χ2n) is 7.44. The molecule has 32 heavy (non-hydrogen) atoms. The van der Waals surface area contributed by atoms with E-state index in [0.29, 0.717) is 20.7 Å². The molecule has 0 saturated heterocycles. The standard InChI is InChI=1S/C23H16BrClN2O5/c24-16-5-10-20-19(11-16)23(30,12-21(28)15-3-8-18(9-4-15)27(31)32)22(29)26(20)13-14-1-6-17(25)7-2-14/h1-11,30H,12-13H2. The third-order valence-corrected chi connectivity index (χ3v) is 6.11. The Balaban J connectivity index is 1.67. The van der Waals surface area contributed by atoms with Gasteiger partial charge in [-0.15, -0.1) is 0 Å². The predicted octanol–water partition coefficient (Wildman–Crippen LogP) is 5.02. The summed E-state index contributed by atoms with van der Waals surface area (Å²) in [6.07, 6.45) is -0.496. The Labute approximate surface area is 196 Å². The van der Waals surface area contributed by atoms with Gasteiger partial charge < -0.3 is 10.0 Å². The van der Waals surface area contributed by atoms with Crippen molar-refractivity contribution in [2.45, 2.75) is 18.6 Å². The van der Waals surface area contributed by atoms with E-state index in [1.165, 1.54) is 29.2 Å². The molecule has 1 N–H and O–H groups in total. The van der Waals surface area contributed by atoms with Crippen molar-refractivity contribution in [2.75, 3.05) is 4.90 Å². The van der Waals surface area contributed by atoms with Gasteiger partial charge in [0, 0.05) is 32.8 Å². The number of nitro benzene ring substituents is 1. The Hall–Kier alpha value is -3.07. The highest BCUT2D eigenvalue weighted by molar-refractivity contribution is 9.10. The van der Waals surface area contributed by atoms with Gasteiger partial charge in [-0.3, -0.25) is 19.7 Å². The van der Waals surface area contributed by atoms with E-state index in [1.807, 2.05) is 0 Å². The molecule has 0 aliphatic carbocycles. The number of fused-ring (bicyclic) bond motifs is 1. The molecule has 162 valence electrons. The molecule has 0 saturated carbocycles. The SMILES string of the molecule is O=C(CC1(O)C(=O)N(Cc2ccc(Cl)cc2)c2ccc(Br)cc21)c1ccc([N+](=O)[O-])cc1. The summed E-state index contributed by atoms with van der Waals surface area (Å²) in [4.78, 5) is 38.0. The number of benzene rings is 3. The molecule has 0 bridgehead atoms. The molecule has 1 atom stereocenters. The van der Waals surface area contributed by atoms with Crippen LogP contribution in [-0.4, -0.2) is 21.7 Å². The lowest BCUT2D eigenvalue weighted by molar-refractivity contribution is -0.384. The molecule has 1 aliphatic rings. The highest BCUT2D eigenvalue weighted by atomic mass is 79.9. The minimum absolute atomic E-state index is 0.152. The van der Waals surface area contributed by atoms with Gasteiger partial charge in [0.1, 0.15) is 0 Å². The first kappa shape index (κ1) is 22.1. The largest absolute Gasteiger partial charge is 0.375 e. The molecule has 4 rings (SSSR count). The van der Waals surface area contributed by atoms with Gasteiger partial charge in [-0.05, 0) is 48.0 Å². The minimum Gasteiger partial charge on any atom is -0.375 e. The summed E-state index contributed by atoms with van der Waals surface area (Å²) in [6.45, 7) is 0.193. The first-order valence-electron chi connectivity index (χ1n) is 9.55. The van der Waals surface area contributed by atoms with Crippen LogP contribution in [0.15, 0.2) is 71.2 Å². The molecule has 0 radical (unpaired) electrons. The van der Waals surface area contributed by atoms with E-state index in [-0.39, 0.29) is 17.8 Å². The zero-order chi connectivity index (χ0) is 23.0. The highest BCUT2D eigenvalue weighted by Gasteiger charge is 2.51. The quantitative estimate of drug-likeness (QED) is 0.282. The van der Waals surface area contributed by atoms with Crippen LogP contribution in [0.2, 0.25) is 5.02 Å². The molecule has 3 aromatic carbocycles. The van der Waals surface area contributed by atoms with E-state index in [2.05, 4.69) is 15.9 Å². The van der Waals surface area contributed by atoms with E-state index in [9.17, 15) is 24.8 Å². The number of rotatable bonds is 6. The number of hydrogen-bond acceptors (Lipinski definition) is 5. The van der Waals surface area contributed by atoms with Crippen LogP contribution in [0.4, 0.5) is 11.4 Å². The van der Waals surface area contributed by atoms with Crippen molar-refractivity contribution >= 4 is 50.6 Å². The van der Waals surface area contributed by atoms with Crippen molar-refractivity contribution in [3.05, 3.63) is 103 Å². The number of ketones is 1. The number of hydrogen-bond donors (Lipinski definition) is 1. The second kappa shape index (κ2) is 8.46. The molecule has 7 nitrogen and oxygen atoms in total. The number of Topliss-reactive ketones (excluding diaryl/α,β-unsaturated/α-hetero) is 1. The lowest BCUT2D eigenvalue weighted by Gasteiger charge is -2.23. The van der Waals surface area contributed by atoms with Gasteiger partial charge in [-0.2, -0.15) is 0 Å². The molecule has 0 aromatic heterocycles. The number of nitrogens with zero attached hydrogens (tertiary/aromatic N) is 2. The molecular formula is C23H16BrClN2O5. The molecule has 0 spiro atoms. The van der Waals surface area contributed by atoms with Crippen LogP contribution in [0.3, 0.4) is 0 Å². The summed E-state index contributed by atoms with van der Waals surface area (Å²) in [5.41, 5.74) is -0.411. The Morgan fingerprint density at radius 2 is 1.75 bits per heavy atom. The van der Waals surface area contributed by atoms with Crippen molar-refractivity contribution in [1.29, 1.82) is 0 Å². The molecule has 3 aromatic rings. The van der Waals surface area contributed by atoms with Crippen LogP contribution in [0.25, 0.3) is 0 Å². The third-order valence-electron chi connectivity index (χ3n) is 5.36. The maximum atomic E-state index is 13.4. The van der Waals surface area contributed by atoms with Gasteiger partial charge in [0.15, 0.2) is 11.4 Å². The van der Waals surface area contributed by atoms with Gasteiger partial charge in [-0.25, -0.2) is 0 Å². The number of carbonyl (C=O) groups is 2. The van der Waals surface area contributed by atoms with Gasteiger partial charge in [-0.1, -0.05) is 39.7 Å². The number of non-ortho nitro benzene ring substituents is 1. The van der Waals surface area contributed by atoms with E-state index in [0.717, 1.165) is 5.56 Å². The minimum atomic E-state index is -2.07. The fourth-order valence-electron chi connectivity index (χ4n) is 3.73. The summed E-state index contributed by atoms with van der Waals surface area (Å²) >= 11 is 9.30. The van der Waals surface area contributed by atoms with Crippen molar-refractivity contribution in [3.63, 3.8) is 0 Å². The lowest BCUT2D eigenvalue weighted by Crippen LogP contribution is -2.41. The Morgan fingerprint density at radius 3 is 2.38 bits per heavy atom. The summed E-state index contributed by atoms with van der Waals surface area (Å²) in [6, 6.07) is 17.1. The van der Waals surface area contributed by atoms with Crippen LogP contribution < -0.4 is 4.90 Å². The molecule has 1 aliphatic heterocycles. The normalized spacial score (nSPS) is 17.3. The van der Waals surface area contributed by atoms with Crippen LogP contribution in [-0.2, 0) is 16.9 Å². The predicted molar refractivity (Wildman–Crippen MR) is 123 cm³/mol. The van der Waals surface area contributed by atoms with Crippen molar-refractivity contribution in [1.82, 2.24) is 0 Å². The van der Waals surface area contributed by atoms with Crippen LogP contribution in [0, 0.1) is 10.1 Å². The smallest absolute Gasteiger partial charge is 0.269 e. The van der Waals surface area contributed by atoms with E-state index in [4.69, 9.17) is 11.6 Å². The van der Waals surface area contributed by atoms with Gasteiger partial charge in [0.05, 0.1) is 23.6 Å². The topological polar surface area (TPSA) is 101 Å². The Bertz CT molecular complexity index is 1230. The number of halogens is 2. The fourth-order valence-corrected chi connectivity index (χ4v) is 4.21. The van der Waals surface area contributed by atoms with Crippen molar-refractivity contribution in [3.8, 4) is 0 Å². The van der Waals surface area contributed by atoms with Gasteiger partial charge in [0.25, 0.3) is 11.6 Å². The van der Waals surface area contributed by atoms with Crippen LogP contribution >= 0.6 is 27.5 Å². The molecular weight excluding hydrogens is 500 g/mol. The zero-order valence-corrected chi connectivity index (χ0v) is 18.8. The Kier molecular flexibility index (Phi) is 5.85. The molecule has 1 unspecified atom stereocenters. The lowest BCUT2D eigenvalue weighted by atomic mass is 9.88. The molecule has 0 fully saturated rings. The fraction of sp³-hybridized carbons (Fsp3) is 0.130. The summed E-state index contributed by atoms with van der Waals surface area (Å²) in [7, 11) is 0. The zero-order valence-electron chi connectivity index (χ0n) is 16.5. The summed E-state index contributed by atoms with van der Waals surface area (Å²) in [5, 5.41) is 22.9. The molecule has 1 amide bonds. The summed E-state index contributed by atoms with van der Waals surface area (Å²) in [5.74, 6) is -1.12. The van der Waals surface area contributed by atoms with E-state index < -0.39 is 28.6 Å². The van der Waals surface area contributed by atoms with Gasteiger partial charge in [0.2, 0.25) is 0 Å². The van der Waals surface area contributed by atoms with Crippen LogP contribution in [0.5, 0.6) is 0 Å². The number of amides is 1. The molecule has 9 heteroatoms. The third kappa shape index (κ3) is 4.04. The first-order valence-corrected chi connectivity index (χ1v) is 10.7. The number of aliphatic hydroxyl groups is 1. The average molecular weight is 516 g/mol. The van der Waals surface area contributed by atoms with Crippen molar-refractivity contribution < 1.29 is 19.6 Å². The number of nitro groups is 1. The van der Waals surface area contributed by atoms with E-state index >= 15 is 0 Å². The molecule has 1 heterocycles.